The molecule has 1 saturated carbocycles. The van der Waals surface area contributed by atoms with Gasteiger partial charge in [0.1, 0.15) is 0 Å². The van der Waals surface area contributed by atoms with Gasteiger partial charge in [0.05, 0.1) is 0 Å². The monoisotopic (exact) mass is 270 g/mol. The summed E-state index contributed by atoms with van der Waals surface area (Å²) in [5.74, 6) is 0.869. The van der Waals surface area contributed by atoms with Crippen molar-refractivity contribution in [3.8, 4) is 0 Å². The highest BCUT2D eigenvalue weighted by atomic mass is 14.9. The zero-order valence-corrected chi connectivity index (χ0v) is 12.5. The first-order valence-corrected chi connectivity index (χ1v) is 8.12. The van der Waals surface area contributed by atoms with E-state index in [0.717, 1.165) is 12.5 Å². The zero-order chi connectivity index (χ0) is 13.8. The Balaban J connectivity index is 1.57. The Hall–Kier alpha value is -1.28. The number of hydrogen-bond acceptors (Lipinski definition) is 1. The summed E-state index contributed by atoms with van der Waals surface area (Å²) in [5, 5.41) is 5.05. The lowest BCUT2D eigenvalue weighted by molar-refractivity contribution is 0.337. The molecule has 0 unspecified atom stereocenters. The van der Waals surface area contributed by atoms with Gasteiger partial charge in [-0.05, 0) is 54.8 Å². The van der Waals surface area contributed by atoms with Gasteiger partial charge in [-0.15, -0.1) is 0 Å². The normalized spacial score (nSPS) is 19.1. The second-order valence-electron chi connectivity index (χ2n) is 6.32. The number of aromatic amines is 1. The number of rotatable bonds is 4. The van der Waals surface area contributed by atoms with Crippen LogP contribution >= 0.6 is 0 Å². The first-order chi connectivity index (χ1) is 9.83. The summed E-state index contributed by atoms with van der Waals surface area (Å²) in [4.78, 5) is 3.25. The summed E-state index contributed by atoms with van der Waals surface area (Å²) in [7, 11) is 0. The molecule has 1 aliphatic rings. The van der Waals surface area contributed by atoms with E-state index < -0.39 is 0 Å². The van der Waals surface area contributed by atoms with Crippen LogP contribution in [0.25, 0.3) is 10.9 Å². The average Bonchev–Trinajstić information content (AvgIpc) is 2.76. The molecule has 20 heavy (non-hydrogen) atoms. The molecule has 2 heteroatoms. The number of H-pyrrole nitrogens is 1. The van der Waals surface area contributed by atoms with Crippen molar-refractivity contribution < 1.29 is 0 Å². The third-order valence-corrected chi connectivity index (χ3v) is 4.85. The first kappa shape index (κ1) is 13.7. The van der Waals surface area contributed by atoms with Crippen molar-refractivity contribution >= 4 is 10.9 Å². The third kappa shape index (κ3) is 3.24. The molecule has 1 fully saturated rings. The highest BCUT2D eigenvalue weighted by Gasteiger charge is 2.18. The maximum absolute atomic E-state index is 3.74. The van der Waals surface area contributed by atoms with E-state index in [1.165, 1.54) is 55.0 Å². The van der Waals surface area contributed by atoms with Gasteiger partial charge in [0.15, 0.2) is 0 Å². The lowest BCUT2D eigenvalue weighted by Gasteiger charge is -2.23. The van der Waals surface area contributed by atoms with E-state index in [-0.39, 0.29) is 0 Å². The molecule has 3 rings (SSSR count). The Bertz CT molecular complexity index is 535. The molecular weight excluding hydrogens is 244 g/mol. The van der Waals surface area contributed by atoms with Crippen molar-refractivity contribution in [2.75, 3.05) is 0 Å². The van der Waals surface area contributed by atoms with Gasteiger partial charge in [0, 0.05) is 24.3 Å². The SMILES string of the molecule is C[C@H](NCc1ccc2[nH]ccc2c1)C1CCCCCC1. The Labute approximate surface area is 122 Å². The van der Waals surface area contributed by atoms with Gasteiger partial charge >= 0.3 is 0 Å². The minimum atomic E-state index is 0.634. The van der Waals surface area contributed by atoms with Gasteiger partial charge in [-0.2, -0.15) is 0 Å². The molecule has 1 atom stereocenters. The molecule has 1 heterocycles. The summed E-state index contributed by atoms with van der Waals surface area (Å²) >= 11 is 0. The van der Waals surface area contributed by atoms with Crippen LogP contribution in [0.15, 0.2) is 30.5 Å². The van der Waals surface area contributed by atoms with Crippen LogP contribution in [0.2, 0.25) is 0 Å². The quantitative estimate of drug-likeness (QED) is 0.780. The number of nitrogens with one attached hydrogen (secondary N) is 2. The number of aromatic nitrogens is 1. The van der Waals surface area contributed by atoms with E-state index in [2.05, 4.69) is 41.5 Å². The predicted octanol–water partition coefficient (Wildman–Crippen LogP) is 4.62. The van der Waals surface area contributed by atoms with Crippen LogP contribution in [0.1, 0.15) is 51.0 Å². The molecule has 108 valence electrons. The average molecular weight is 270 g/mol. The van der Waals surface area contributed by atoms with E-state index >= 15 is 0 Å². The van der Waals surface area contributed by atoms with Crippen LogP contribution in [0.4, 0.5) is 0 Å². The molecule has 1 aliphatic carbocycles. The molecule has 0 spiro atoms. The Morgan fingerprint density at radius 1 is 1.15 bits per heavy atom. The van der Waals surface area contributed by atoms with Crippen molar-refractivity contribution in [2.24, 2.45) is 5.92 Å². The summed E-state index contributed by atoms with van der Waals surface area (Å²) in [6, 6.07) is 9.48. The maximum atomic E-state index is 3.74. The van der Waals surface area contributed by atoms with Crippen LogP contribution in [0, 0.1) is 5.92 Å². The Kier molecular flexibility index (Phi) is 4.41. The lowest BCUT2D eigenvalue weighted by Crippen LogP contribution is -2.32. The number of benzene rings is 1. The lowest BCUT2D eigenvalue weighted by atomic mass is 9.93. The number of fused-ring (bicyclic) bond motifs is 1. The summed E-state index contributed by atoms with van der Waals surface area (Å²) in [5.41, 5.74) is 2.61. The minimum absolute atomic E-state index is 0.634. The van der Waals surface area contributed by atoms with E-state index in [0.29, 0.717) is 6.04 Å². The fraction of sp³-hybridized carbons (Fsp3) is 0.556. The molecule has 0 aliphatic heterocycles. The van der Waals surface area contributed by atoms with Crippen molar-refractivity contribution in [1.29, 1.82) is 0 Å². The standard InChI is InChI=1S/C18H26N2/c1-14(16-6-4-2-3-5-7-16)20-13-15-8-9-18-17(12-15)10-11-19-18/h8-12,14,16,19-20H,2-7,13H2,1H3/t14-/m0/s1. The molecule has 0 radical (unpaired) electrons. The van der Waals surface area contributed by atoms with Gasteiger partial charge < -0.3 is 10.3 Å². The van der Waals surface area contributed by atoms with E-state index in [9.17, 15) is 0 Å². The van der Waals surface area contributed by atoms with Gasteiger partial charge in [-0.3, -0.25) is 0 Å². The molecule has 2 nitrogen and oxygen atoms in total. The third-order valence-electron chi connectivity index (χ3n) is 4.85. The molecule has 2 N–H and O–H groups in total. The predicted molar refractivity (Wildman–Crippen MR) is 85.8 cm³/mol. The van der Waals surface area contributed by atoms with Crippen LogP contribution in [-0.2, 0) is 6.54 Å². The zero-order valence-electron chi connectivity index (χ0n) is 12.5. The summed E-state index contributed by atoms with van der Waals surface area (Å²) in [6.07, 6.45) is 10.5. The van der Waals surface area contributed by atoms with E-state index in [1.54, 1.807) is 0 Å². The van der Waals surface area contributed by atoms with Crippen molar-refractivity contribution in [3.05, 3.63) is 36.0 Å². The minimum Gasteiger partial charge on any atom is -0.361 e. The molecule has 1 aromatic heterocycles. The maximum Gasteiger partial charge on any atom is 0.0454 e. The Morgan fingerprint density at radius 3 is 2.75 bits per heavy atom. The molecule has 2 aromatic rings. The summed E-state index contributed by atoms with van der Waals surface area (Å²) < 4.78 is 0. The first-order valence-electron chi connectivity index (χ1n) is 8.12. The molecule has 0 bridgehead atoms. The molecular formula is C18H26N2. The topological polar surface area (TPSA) is 27.8 Å². The van der Waals surface area contributed by atoms with Crippen LogP contribution in [0.5, 0.6) is 0 Å². The van der Waals surface area contributed by atoms with E-state index in [1.807, 2.05) is 6.20 Å². The van der Waals surface area contributed by atoms with Gasteiger partial charge in [-0.1, -0.05) is 31.7 Å². The number of hydrogen-bond donors (Lipinski definition) is 2. The van der Waals surface area contributed by atoms with Crippen molar-refractivity contribution in [2.45, 2.75) is 58.0 Å². The van der Waals surface area contributed by atoms with Crippen molar-refractivity contribution in [1.82, 2.24) is 10.3 Å². The largest absolute Gasteiger partial charge is 0.361 e. The molecule has 0 saturated heterocycles. The highest BCUT2D eigenvalue weighted by Crippen LogP contribution is 2.25. The van der Waals surface area contributed by atoms with Crippen molar-refractivity contribution in [3.63, 3.8) is 0 Å². The fourth-order valence-electron chi connectivity index (χ4n) is 3.47. The molecule has 1 aromatic carbocycles. The Morgan fingerprint density at radius 2 is 1.95 bits per heavy atom. The van der Waals surface area contributed by atoms with Crippen LogP contribution < -0.4 is 5.32 Å². The fourth-order valence-corrected chi connectivity index (χ4v) is 3.47. The second-order valence-corrected chi connectivity index (χ2v) is 6.32. The second kappa shape index (κ2) is 6.45. The van der Waals surface area contributed by atoms with Crippen LogP contribution in [-0.4, -0.2) is 11.0 Å². The van der Waals surface area contributed by atoms with Crippen LogP contribution in [0.3, 0.4) is 0 Å². The van der Waals surface area contributed by atoms with Gasteiger partial charge in [-0.25, -0.2) is 0 Å². The molecule has 0 amide bonds. The van der Waals surface area contributed by atoms with Gasteiger partial charge in [0.2, 0.25) is 0 Å². The van der Waals surface area contributed by atoms with Gasteiger partial charge in [0.25, 0.3) is 0 Å². The van der Waals surface area contributed by atoms with E-state index in [4.69, 9.17) is 0 Å². The summed E-state index contributed by atoms with van der Waals surface area (Å²) in [6.45, 7) is 3.35. The smallest absolute Gasteiger partial charge is 0.0454 e. The highest BCUT2D eigenvalue weighted by molar-refractivity contribution is 5.79.